The van der Waals surface area contributed by atoms with Crippen molar-refractivity contribution in [1.29, 1.82) is 0 Å². The summed E-state index contributed by atoms with van der Waals surface area (Å²) >= 11 is 0. The minimum atomic E-state index is -0.299. The Kier molecular flexibility index (Phi) is 8.04. The van der Waals surface area contributed by atoms with Gasteiger partial charge in [-0.15, -0.1) is 0 Å². The van der Waals surface area contributed by atoms with Crippen molar-refractivity contribution in [1.82, 2.24) is 5.32 Å². The molecule has 96 valence electrons. The average Bonchev–Trinajstić information content (AvgIpc) is 2.17. The summed E-state index contributed by atoms with van der Waals surface area (Å²) in [5.74, 6) is 0.783. The molecule has 0 saturated heterocycles. The molecule has 0 aromatic heterocycles. The number of hydrogen-bond donors (Lipinski definition) is 1. The van der Waals surface area contributed by atoms with E-state index in [1.807, 2.05) is 20.8 Å². The van der Waals surface area contributed by atoms with Crippen molar-refractivity contribution in [2.75, 3.05) is 0 Å². The van der Waals surface area contributed by atoms with Gasteiger partial charge in [-0.2, -0.15) is 0 Å². The molecule has 0 heterocycles. The topological polar surface area (TPSA) is 38.3 Å². The Hall–Kier alpha value is -0.730. The van der Waals surface area contributed by atoms with E-state index in [1.165, 1.54) is 19.3 Å². The average molecular weight is 229 g/mol. The summed E-state index contributed by atoms with van der Waals surface area (Å²) in [6.45, 7) is 10.2. The van der Waals surface area contributed by atoms with Gasteiger partial charge in [-0.25, -0.2) is 4.79 Å². The van der Waals surface area contributed by atoms with Gasteiger partial charge in [0.1, 0.15) is 0 Å². The number of hydrogen-bond acceptors (Lipinski definition) is 2. The smallest absolute Gasteiger partial charge is 0.407 e. The highest BCUT2D eigenvalue weighted by Crippen LogP contribution is 2.15. The van der Waals surface area contributed by atoms with Crippen molar-refractivity contribution in [3.05, 3.63) is 0 Å². The predicted molar refractivity (Wildman–Crippen MR) is 67.5 cm³/mol. The van der Waals surface area contributed by atoms with Gasteiger partial charge < -0.3 is 10.1 Å². The van der Waals surface area contributed by atoms with Crippen LogP contribution in [0.3, 0.4) is 0 Å². The zero-order valence-electron chi connectivity index (χ0n) is 11.4. The van der Waals surface area contributed by atoms with E-state index in [0.29, 0.717) is 0 Å². The van der Waals surface area contributed by atoms with Gasteiger partial charge in [-0.05, 0) is 39.5 Å². The van der Waals surface area contributed by atoms with Crippen LogP contribution in [0.2, 0.25) is 0 Å². The van der Waals surface area contributed by atoms with Crippen LogP contribution in [0.5, 0.6) is 0 Å². The van der Waals surface area contributed by atoms with Crippen LogP contribution in [-0.4, -0.2) is 18.2 Å². The van der Waals surface area contributed by atoms with Gasteiger partial charge in [0.05, 0.1) is 6.10 Å². The van der Waals surface area contributed by atoms with E-state index >= 15 is 0 Å². The first-order chi connectivity index (χ1) is 7.49. The molecule has 0 aromatic carbocycles. The summed E-state index contributed by atoms with van der Waals surface area (Å²) in [5.41, 5.74) is 0. The Morgan fingerprint density at radius 3 is 2.12 bits per heavy atom. The molecule has 3 heteroatoms. The highest BCUT2D eigenvalue weighted by atomic mass is 16.6. The van der Waals surface area contributed by atoms with Gasteiger partial charge in [0.2, 0.25) is 0 Å². The largest absolute Gasteiger partial charge is 0.447 e. The minimum absolute atomic E-state index is 0.0498. The van der Waals surface area contributed by atoms with E-state index in [9.17, 15) is 4.79 Å². The second kappa shape index (κ2) is 8.43. The molecule has 0 radical (unpaired) electrons. The minimum Gasteiger partial charge on any atom is -0.447 e. The lowest BCUT2D eigenvalue weighted by Crippen LogP contribution is -2.34. The van der Waals surface area contributed by atoms with Crippen molar-refractivity contribution < 1.29 is 9.53 Å². The third-order valence-electron chi connectivity index (χ3n) is 2.87. The fourth-order valence-corrected chi connectivity index (χ4v) is 1.70. The third-order valence-corrected chi connectivity index (χ3v) is 2.87. The van der Waals surface area contributed by atoms with Gasteiger partial charge in [0.15, 0.2) is 0 Å². The standard InChI is InChI=1S/C13H27NO2/c1-6-12(7-2)9-8-11(5)14-13(15)16-10(3)4/h10-12H,6-9H2,1-5H3,(H,14,15). The van der Waals surface area contributed by atoms with Crippen LogP contribution >= 0.6 is 0 Å². The fourth-order valence-electron chi connectivity index (χ4n) is 1.70. The Labute approximate surface area is 99.9 Å². The van der Waals surface area contributed by atoms with Crippen molar-refractivity contribution >= 4 is 6.09 Å². The van der Waals surface area contributed by atoms with Crippen molar-refractivity contribution in [3.63, 3.8) is 0 Å². The van der Waals surface area contributed by atoms with Crippen LogP contribution in [-0.2, 0) is 4.74 Å². The zero-order valence-corrected chi connectivity index (χ0v) is 11.4. The first-order valence-corrected chi connectivity index (χ1v) is 6.46. The van der Waals surface area contributed by atoms with E-state index in [0.717, 1.165) is 12.3 Å². The van der Waals surface area contributed by atoms with Crippen molar-refractivity contribution in [2.45, 2.75) is 72.4 Å². The maximum atomic E-state index is 11.3. The van der Waals surface area contributed by atoms with Gasteiger partial charge in [-0.3, -0.25) is 0 Å². The van der Waals surface area contributed by atoms with Gasteiger partial charge in [0, 0.05) is 6.04 Å². The molecule has 1 unspecified atom stereocenters. The molecular weight excluding hydrogens is 202 g/mol. The second-order valence-electron chi connectivity index (χ2n) is 4.76. The van der Waals surface area contributed by atoms with Gasteiger partial charge >= 0.3 is 6.09 Å². The molecular formula is C13H27NO2. The van der Waals surface area contributed by atoms with Crippen LogP contribution < -0.4 is 5.32 Å². The maximum Gasteiger partial charge on any atom is 0.407 e. The van der Waals surface area contributed by atoms with Gasteiger partial charge in [0.25, 0.3) is 0 Å². The van der Waals surface area contributed by atoms with Crippen LogP contribution in [0, 0.1) is 5.92 Å². The molecule has 0 bridgehead atoms. The summed E-state index contributed by atoms with van der Waals surface area (Å²) < 4.78 is 5.03. The van der Waals surface area contributed by atoms with Crippen LogP contribution in [0.25, 0.3) is 0 Å². The molecule has 0 aromatic rings. The van der Waals surface area contributed by atoms with Gasteiger partial charge in [-0.1, -0.05) is 26.7 Å². The fraction of sp³-hybridized carbons (Fsp3) is 0.923. The molecule has 0 rings (SSSR count). The van der Waals surface area contributed by atoms with Crippen molar-refractivity contribution in [3.8, 4) is 0 Å². The van der Waals surface area contributed by atoms with Crippen LogP contribution in [0.1, 0.15) is 60.3 Å². The lowest BCUT2D eigenvalue weighted by atomic mass is 9.95. The molecule has 0 aliphatic rings. The number of carbonyl (C=O) groups excluding carboxylic acids is 1. The highest BCUT2D eigenvalue weighted by molar-refractivity contribution is 5.67. The molecule has 0 fully saturated rings. The first kappa shape index (κ1) is 15.3. The normalized spacial score (nSPS) is 12.9. The molecule has 0 aliphatic carbocycles. The molecule has 16 heavy (non-hydrogen) atoms. The van der Waals surface area contributed by atoms with E-state index < -0.39 is 0 Å². The number of ether oxygens (including phenoxy) is 1. The van der Waals surface area contributed by atoms with Crippen molar-refractivity contribution in [2.24, 2.45) is 5.92 Å². The van der Waals surface area contributed by atoms with Crippen LogP contribution in [0.4, 0.5) is 4.79 Å². The summed E-state index contributed by atoms with van der Waals surface area (Å²) in [5, 5.41) is 2.85. The highest BCUT2D eigenvalue weighted by Gasteiger charge is 2.11. The zero-order chi connectivity index (χ0) is 12.6. The molecule has 1 atom stereocenters. The molecule has 0 spiro atoms. The summed E-state index contributed by atoms with van der Waals surface area (Å²) in [6.07, 6.45) is 4.30. The summed E-state index contributed by atoms with van der Waals surface area (Å²) in [7, 11) is 0. The lowest BCUT2D eigenvalue weighted by molar-refractivity contribution is 0.112. The lowest BCUT2D eigenvalue weighted by Gasteiger charge is -2.18. The quantitative estimate of drug-likeness (QED) is 0.722. The SMILES string of the molecule is CCC(CC)CCC(C)NC(=O)OC(C)C. The summed E-state index contributed by atoms with van der Waals surface area (Å²) in [6, 6.07) is 0.201. The molecule has 0 aliphatic heterocycles. The van der Waals surface area contributed by atoms with Crippen LogP contribution in [0.15, 0.2) is 0 Å². The Morgan fingerprint density at radius 1 is 1.12 bits per heavy atom. The van der Waals surface area contributed by atoms with E-state index in [4.69, 9.17) is 4.74 Å². The predicted octanol–water partition coefficient (Wildman–Crippen LogP) is 3.73. The summed E-state index contributed by atoms with van der Waals surface area (Å²) in [4.78, 5) is 11.3. The number of nitrogens with one attached hydrogen (secondary N) is 1. The maximum absolute atomic E-state index is 11.3. The number of amides is 1. The van der Waals surface area contributed by atoms with E-state index in [-0.39, 0.29) is 18.2 Å². The Bertz CT molecular complexity index is 188. The molecule has 0 saturated carbocycles. The molecule has 1 N–H and O–H groups in total. The first-order valence-electron chi connectivity index (χ1n) is 6.46. The number of carbonyl (C=O) groups is 1. The monoisotopic (exact) mass is 229 g/mol. The van der Waals surface area contributed by atoms with E-state index in [1.54, 1.807) is 0 Å². The molecule has 1 amide bonds. The Balaban J connectivity index is 3.72. The number of alkyl carbamates (subject to hydrolysis) is 1. The third kappa shape index (κ3) is 7.55. The second-order valence-corrected chi connectivity index (χ2v) is 4.76. The number of rotatable bonds is 7. The van der Waals surface area contributed by atoms with E-state index in [2.05, 4.69) is 19.2 Å². The Morgan fingerprint density at radius 2 is 1.69 bits per heavy atom. The molecule has 3 nitrogen and oxygen atoms in total.